The molecule has 0 aromatic heterocycles. The molecule has 1 aromatic rings. The second-order valence-corrected chi connectivity index (χ2v) is 7.76. The van der Waals surface area contributed by atoms with E-state index in [0.717, 1.165) is 37.7 Å². The van der Waals surface area contributed by atoms with Crippen LogP contribution in [0.2, 0.25) is 5.02 Å². The number of fused-ring (bicyclic) bond motifs is 1. The number of hydrogen-bond donors (Lipinski definition) is 1. The molecule has 1 heterocycles. The molecule has 1 N–H and O–H groups in total. The maximum Gasteiger partial charge on any atom is 0.289 e. The first-order chi connectivity index (χ1) is 13.0. The summed E-state index contributed by atoms with van der Waals surface area (Å²) in [5, 5.41) is 3.52. The van der Waals surface area contributed by atoms with E-state index in [1.54, 1.807) is 17.0 Å². The summed E-state index contributed by atoms with van der Waals surface area (Å²) in [5.74, 6) is -0.0963. The van der Waals surface area contributed by atoms with Gasteiger partial charge in [0.15, 0.2) is 5.76 Å². The quantitative estimate of drug-likeness (QED) is 0.778. The number of amides is 2. The minimum absolute atomic E-state index is 0.0441. The summed E-state index contributed by atoms with van der Waals surface area (Å²) in [7, 11) is 0. The van der Waals surface area contributed by atoms with Crippen LogP contribution >= 0.6 is 11.6 Å². The molecule has 1 saturated carbocycles. The van der Waals surface area contributed by atoms with Gasteiger partial charge in [-0.2, -0.15) is 0 Å². The highest BCUT2D eigenvalue weighted by Crippen LogP contribution is 2.33. The molecular weight excluding hydrogens is 364 g/mol. The highest BCUT2D eigenvalue weighted by Gasteiger charge is 2.42. The molecule has 1 aromatic carbocycles. The van der Waals surface area contributed by atoms with Crippen molar-refractivity contribution in [3.8, 4) is 0 Å². The summed E-state index contributed by atoms with van der Waals surface area (Å²) in [6.07, 6.45) is 6.35. The van der Waals surface area contributed by atoms with Crippen LogP contribution in [0.4, 0.5) is 0 Å². The lowest BCUT2D eigenvalue weighted by Gasteiger charge is -2.44. The highest BCUT2D eigenvalue weighted by molar-refractivity contribution is 6.32. The molecule has 3 rings (SSSR count). The number of carbonyl (C=O) groups is 2. The van der Waals surface area contributed by atoms with Crippen molar-refractivity contribution in [2.24, 2.45) is 0 Å². The maximum absolute atomic E-state index is 13.1. The number of ether oxygens (including phenoxy) is 1. The Morgan fingerprint density at radius 1 is 1.37 bits per heavy atom. The fraction of sp³-hybridized carbons (Fsp3) is 0.524. The SMILES string of the molecule is CCC(C)NC(=O)CN1C(=O)/C(=C\c2ccccc2Cl)OC2CCCCC21. The Labute approximate surface area is 165 Å². The molecule has 1 aliphatic carbocycles. The molecular formula is C21H27ClN2O3. The first kappa shape index (κ1) is 19.7. The zero-order valence-electron chi connectivity index (χ0n) is 15.9. The van der Waals surface area contributed by atoms with Crippen LogP contribution in [-0.4, -0.2) is 41.4 Å². The third-order valence-corrected chi connectivity index (χ3v) is 5.69. The zero-order valence-corrected chi connectivity index (χ0v) is 16.7. The third-order valence-electron chi connectivity index (χ3n) is 5.34. The number of rotatable bonds is 5. The van der Waals surface area contributed by atoms with Crippen LogP contribution in [0.25, 0.3) is 6.08 Å². The molecule has 0 radical (unpaired) electrons. The van der Waals surface area contributed by atoms with Gasteiger partial charge in [0.2, 0.25) is 5.91 Å². The lowest BCUT2D eigenvalue weighted by Crippen LogP contribution is -2.57. The van der Waals surface area contributed by atoms with E-state index in [1.807, 2.05) is 32.0 Å². The predicted molar refractivity (Wildman–Crippen MR) is 106 cm³/mol. The molecule has 3 unspecified atom stereocenters. The van der Waals surface area contributed by atoms with Crippen molar-refractivity contribution in [2.75, 3.05) is 6.54 Å². The van der Waals surface area contributed by atoms with Crippen LogP contribution in [0.1, 0.15) is 51.5 Å². The van der Waals surface area contributed by atoms with Crippen LogP contribution in [0.3, 0.4) is 0 Å². The fourth-order valence-electron chi connectivity index (χ4n) is 3.67. The fourth-order valence-corrected chi connectivity index (χ4v) is 3.86. The number of nitrogens with one attached hydrogen (secondary N) is 1. The van der Waals surface area contributed by atoms with Crippen molar-refractivity contribution in [3.05, 3.63) is 40.6 Å². The van der Waals surface area contributed by atoms with Crippen LogP contribution in [0, 0.1) is 0 Å². The van der Waals surface area contributed by atoms with Crippen LogP contribution in [0.5, 0.6) is 0 Å². The first-order valence-electron chi connectivity index (χ1n) is 9.72. The smallest absolute Gasteiger partial charge is 0.289 e. The van der Waals surface area contributed by atoms with Gasteiger partial charge in [0.25, 0.3) is 5.91 Å². The summed E-state index contributed by atoms with van der Waals surface area (Å²) < 4.78 is 6.06. The van der Waals surface area contributed by atoms with Gasteiger partial charge >= 0.3 is 0 Å². The summed E-state index contributed by atoms with van der Waals surface area (Å²) >= 11 is 6.23. The molecule has 6 heteroatoms. The second-order valence-electron chi connectivity index (χ2n) is 7.35. The summed E-state index contributed by atoms with van der Waals surface area (Å²) in [6.45, 7) is 4.05. The van der Waals surface area contributed by atoms with Crippen LogP contribution in [0.15, 0.2) is 30.0 Å². The molecule has 3 atom stereocenters. The third kappa shape index (κ3) is 4.64. The molecule has 27 heavy (non-hydrogen) atoms. The Morgan fingerprint density at radius 2 is 2.11 bits per heavy atom. The van der Waals surface area contributed by atoms with Gasteiger partial charge < -0.3 is 15.0 Å². The number of carbonyl (C=O) groups excluding carboxylic acids is 2. The van der Waals surface area contributed by atoms with Gasteiger partial charge in [-0.1, -0.05) is 43.1 Å². The number of benzene rings is 1. The number of morpholine rings is 1. The summed E-state index contributed by atoms with van der Waals surface area (Å²) in [5.41, 5.74) is 0.737. The maximum atomic E-state index is 13.1. The van der Waals surface area contributed by atoms with Crippen molar-refractivity contribution in [2.45, 2.75) is 64.1 Å². The van der Waals surface area contributed by atoms with E-state index in [2.05, 4.69) is 5.32 Å². The van der Waals surface area contributed by atoms with Gasteiger partial charge in [0, 0.05) is 11.1 Å². The lowest BCUT2D eigenvalue weighted by molar-refractivity contribution is -0.152. The van der Waals surface area contributed by atoms with E-state index in [1.165, 1.54) is 0 Å². The van der Waals surface area contributed by atoms with Crippen LogP contribution < -0.4 is 5.32 Å². The van der Waals surface area contributed by atoms with E-state index in [9.17, 15) is 9.59 Å². The van der Waals surface area contributed by atoms with E-state index in [4.69, 9.17) is 16.3 Å². The minimum atomic E-state index is -0.239. The first-order valence-corrected chi connectivity index (χ1v) is 10.1. The van der Waals surface area contributed by atoms with Crippen molar-refractivity contribution in [1.29, 1.82) is 0 Å². The Kier molecular flexibility index (Phi) is 6.42. The Bertz CT molecular complexity index is 734. The molecule has 0 bridgehead atoms. The number of nitrogens with zero attached hydrogens (tertiary/aromatic N) is 1. The van der Waals surface area contributed by atoms with Gasteiger partial charge in [-0.3, -0.25) is 9.59 Å². The van der Waals surface area contributed by atoms with Gasteiger partial charge in [0.05, 0.1) is 6.04 Å². The van der Waals surface area contributed by atoms with Crippen molar-refractivity contribution in [3.63, 3.8) is 0 Å². The monoisotopic (exact) mass is 390 g/mol. The lowest BCUT2D eigenvalue weighted by atomic mass is 9.89. The Hall–Kier alpha value is -2.01. The Balaban J connectivity index is 1.84. The average molecular weight is 391 g/mol. The largest absolute Gasteiger partial charge is 0.482 e. The van der Waals surface area contributed by atoms with Crippen molar-refractivity contribution < 1.29 is 14.3 Å². The molecule has 0 spiro atoms. The van der Waals surface area contributed by atoms with Gasteiger partial charge in [-0.15, -0.1) is 0 Å². The van der Waals surface area contributed by atoms with Crippen LogP contribution in [-0.2, 0) is 14.3 Å². The topological polar surface area (TPSA) is 58.6 Å². The van der Waals surface area contributed by atoms with E-state index >= 15 is 0 Å². The minimum Gasteiger partial charge on any atom is -0.482 e. The highest BCUT2D eigenvalue weighted by atomic mass is 35.5. The second kappa shape index (κ2) is 8.79. The molecule has 1 saturated heterocycles. The standard InChI is InChI=1S/C21H27ClN2O3/c1-3-14(2)23-20(25)13-24-17-10-6-7-11-18(17)27-19(21(24)26)12-15-8-4-5-9-16(15)22/h4-5,8-9,12,14,17-18H,3,6-7,10-11,13H2,1-2H3,(H,23,25)/b19-12+. The van der Waals surface area contributed by atoms with Gasteiger partial charge in [0.1, 0.15) is 12.6 Å². The zero-order chi connectivity index (χ0) is 19.4. The Morgan fingerprint density at radius 3 is 2.85 bits per heavy atom. The molecule has 5 nitrogen and oxygen atoms in total. The predicted octanol–water partition coefficient (Wildman–Crippen LogP) is 3.77. The van der Waals surface area contributed by atoms with E-state index in [0.29, 0.717) is 5.02 Å². The van der Waals surface area contributed by atoms with Gasteiger partial charge in [-0.25, -0.2) is 0 Å². The number of hydrogen-bond acceptors (Lipinski definition) is 3. The summed E-state index contributed by atoms with van der Waals surface area (Å²) in [4.78, 5) is 27.2. The van der Waals surface area contributed by atoms with Crippen molar-refractivity contribution >= 4 is 29.5 Å². The average Bonchev–Trinajstić information content (AvgIpc) is 2.66. The number of halogens is 1. The molecule has 1 aliphatic heterocycles. The molecule has 2 fully saturated rings. The molecule has 146 valence electrons. The van der Waals surface area contributed by atoms with E-state index < -0.39 is 0 Å². The normalized spacial score (nSPS) is 24.9. The summed E-state index contributed by atoms with van der Waals surface area (Å²) in [6, 6.07) is 7.38. The molecule has 2 aliphatic rings. The molecule has 2 amide bonds. The van der Waals surface area contributed by atoms with Gasteiger partial charge in [-0.05, 0) is 50.3 Å². The van der Waals surface area contributed by atoms with Crippen molar-refractivity contribution in [1.82, 2.24) is 10.2 Å². The van der Waals surface area contributed by atoms with E-state index in [-0.39, 0.29) is 42.3 Å².